The molecule has 0 aliphatic carbocycles. The second kappa shape index (κ2) is 11.4. The largest absolute Gasteiger partial charge is 0.496 e. The van der Waals surface area contributed by atoms with Crippen LogP contribution in [0.15, 0.2) is 24.3 Å². The van der Waals surface area contributed by atoms with Gasteiger partial charge in [0.05, 0.1) is 7.11 Å². The molecular formula is C31H49OP. The van der Waals surface area contributed by atoms with Gasteiger partial charge in [-0.15, -0.1) is 0 Å². The van der Waals surface area contributed by atoms with E-state index in [0.717, 1.165) is 25.0 Å². The first-order valence-electron chi connectivity index (χ1n) is 13.0. The van der Waals surface area contributed by atoms with E-state index in [9.17, 15) is 0 Å². The summed E-state index contributed by atoms with van der Waals surface area (Å²) in [6.45, 7) is 23.7. The Bertz CT molecular complexity index is 886. The van der Waals surface area contributed by atoms with Crippen LogP contribution in [0, 0.1) is 6.92 Å². The molecule has 2 rings (SSSR count). The summed E-state index contributed by atoms with van der Waals surface area (Å²) in [6, 6.07) is 9.52. The van der Waals surface area contributed by atoms with Gasteiger partial charge in [-0.05, 0) is 75.9 Å². The molecule has 0 bridgehead atoms. The van der Waals surface area contributed by atoms with Gasteiger partial charge in [0.2, 0.25) is 0 Å². The van der Waals surface area contributed by atoms with Gasteiger partial charge in [-0.3, -0.25) is 0 Å². The van der Waals surface area contributed by atoms with Gasteiger partial charge in [0.25, 0.3) is 0 Å². The summed E-state index contributed by atoms with van der Waals surface area (Å²) >= 11 is 0. The average Bonchev–Trinajstić information content (AvgIpc) is 2.68. The van der Waals surface area contributed by atoms with Crippen LogP contribution in [-0.4, -0.2) is 17.4 Å². The number of methoxy groups -OCH3 is 1. The molecule has 0 saturated heterocycles. The Morgan fingerprint density at radius 1 is 0.727 bits per heavy atom. The summed E-state index contributed by atoms with van der Waals surface area (Å²) in [6.07, 6.45) is 6.94. The van der Waals surface area contributed by atoms with E-state index in [2.05, 4.69) is 93.5 Å². The van der Waals surface area contributed by atoms with Crippen LogP contribution < -0.4 is 10.0 Å². The van der Waals surface area contributed by atoms with E-state index in [4.69, 9.17) is 4.74 Å². The van der Waals surface area contributed by atoms with Crippen LogP contribution in [-0.2, 0) is 19.3 Å². The fourth-order valence-electron chi connectivity index (χ4n) is 5.58. The summed E-state index contributed by atoms with van der Waals surface area (Å²) in [5, 5.41) is 1.80. The molecule has 0 saturated carbocycles. The second-order valence-electron chi connectivity index (χ2n) is 11.5. The van der Waals surface area contributed by atoms with Gasteiger partial charge < -0.3 is 4.74 Å². The van der Waals surface area contributed by atoms with Crippen LogP contribution in [0.4, 0.5) is 0 Å². The van der Waals surface area contributed by atoms with E-state index < -0.39 is 7.92 Å². The Hall–Kier alpha value is -1.33. The van der Waals surface area contributed by atoms with Crippen molar-refractivity contribution in [2.45, 2.75) is 118 Å². The van der Waals surface area contributed by atoms with Crippen molar-refractivity contribution >= 4 is 13.2 Å². The van der Waals surface area contributed by atoms with Crippen molar-refractivity contribution < 1.29 is 4.74 Å². The SMILES string of the molecule is CCCc1cc(CCC)c(-c2c(C)ccc(OC)c2P(C(C)(C)C)C(C)(C)C)c(CCC)c1. The highest BCUT2D eigenvalue weighted by Gasteiger charge is 2.39. The molecule has 0 radical (unpaired) electrons. The smallest absolute Gasteiger partial charge is 0.127 e. The number of hydrogen-bond donors (Lipinski definition) is 0. The highest BCUT2D eigenvalue weighted by Crippen LogP contribution is 2.61. The molecule has 0 atom stereocenters. The Kier molecular flexibility index (Phi) is 9.64. The van der Waals surface area contributed by atoms with Crippen LogP contribution in [0.2, 0.25) is 0 Å². The van der Waals surface area contributed by atoms with E-state index in [-0.39, 0.29) is 10.3 Å². The molecule has 0 heterocycles. The molecule has 0 aromatic heterocycles. The van der Waals surface area contributed by atoms with Crippen LogP contribution in [0.25, 0.3) is 11.1 Å². The Morgan fingerprint density at radius 3 is 1.61 bits per heavy atom. The normalized spacial score (nSPS) is 12.5. The molecule has 1 nitrogen and oxygen atoms in total. The fraction of sp³-hybridized carbons (Fsp3) is 0.613. The van der Waals surface area contributed by atoms with Gasteiger partial charge in [-0.1, -0.05) is 108 Å². The molecule has 0 spiro atoms. The predicted octanol–water partition coefficient (Wildman–Crippen LogP) is 9.23. The Labute approximate surface area is 206 Å². The highest BCUT2D eigenvalue weighted by atomic mass is 31.1. The number of hydrogen-bond acceptors (Lipinski definition) is 1. The van der Waals surface area contributed by atoms with Gasteiger partial charge in [-0.2, -0.15) is 0 Å². The zero-order valence-corrected chi connectivity index (χ0v) is 24.3. The molecule has 0 unspecified atom stereocenters. The van der Waals surface area contributed by atoms with E-state index in [1.807, 2.05) is 7.11 Å². The zero-order valence-electron chi connectivity index (χ0n) is 23.4. The maximum Gasteiger partial charge on any atom is 0.127 e. The molecule has 33 heavy (non-hydrogen) atoms. The topological polar surface area (TPSA) is 9.23 Å². The van der Waals surface area contributed by atoms with Gasteiger partial charge in [-0.25, -0.2) is 0 Å². The summed E-state index contributed by atoms with van der Waals surface area (Å²) in [7, 11) is 1.34. The van der Waals surface area contributed by atoms with Crippen molar-refractivity contribution in [2.75, 3.05) is 7.11 Å². The lowest BCUT2D eigenvalue weighted by molar-refractivity contribution is 0.418. The number of benzene rings is 2. The van der Waals surface area contributed by atoms with Gasteiger partial charge in [0.1, 0.15) is 5.75 Å². The van der Waals surface area contributed by atoms with Crippen molar-refractivity contribution in [3.8, 4) is 16.9 Å². The van der Waals surface area contributed by atoms with E-state index in [0.29, 0.717) is 0 Å². The summed E-state index contributed by atoms with van der Waals surface area (Å²) < 4.78 is 6.11. The standard InChI is InChI=1S/C31H49OP/c1-12-15-23-20-24(16-13-2)28(25(21-23)17-14-3)27-22(4)18-19-26(32-11)29(27)33(30(5,6)7)31(8,9)10/h18-21H,12-17H2,1-11H3. The first-order valence-corrected chi connectivity index (χ1v) is 14.4. The van der Waals surface area contributed by atoms with Crippen LogP contribution in [0.5, 0.6) is 5.75 Å². The second-order valence-corrected chi connectivity index (χ2v) is 15.3. The molecule has 0 aliphatic rings. The van der Waals surface area contributed by atoms with Crippen molar-refractivity contribution in [2.24, 2.45) is 0 Å². The maximum absolute atomic E-state index is 6.11. The quantitative estimate of drug-likeness (QED) is 0.333. The average molecular weight is 469 g/mol. The monoisotopic (exact) mass is 468 g/mol. The van der Waals surface area contributed by atoms with Gasteiger partial charge in [0.15, 0.2) is 0 Å². The number of rotatable bonds is 9. The molecule has 2 aromatic carbocycles. The Balaban J connectivity index is 3.06. The molecule has 0 N–H and O–H groups in total. The Morgan fingerprint density at radius 2 is 1.21 bits per heavy atom. The third-order valence-corrected chi connectivity index (χ3v) is 9.90. The maximum atomic E-state index is 6.11. The lowest BCUT2D eigenvalue weighted by atomic mass is 9.85. The van der Waals surface area contributed by atoms with Crippen molar-refractivity contribution in [1.82, 2.24) is 0 Å². The molecular weight excluding hydrogens is 419 g/mol. The minimum atomic E-state index is -0.508. The summed E-state index contributed by atoms with van der Waals surface area (Å²) in [4.78, 5) is 0. The predicted molar refractivity (Wildman–Crippen MR) is 151 cm³/mol. The zero-order chi connectivity index (χ0) is 25.0. The minimum Gasteiger partial charge on any atom is -0.496 e. The van der Waals surface area contributed by atoms with Crippen molar-refractivity contribution in [1.29, 1.82) is 0 Å². The lowest BCUT2D eigenvalue weighted by Crippen LogP contribution is -2.33. The fourth-order valence-corrected chi connectivity index (χ4v) is 9.83. The van der Waals surface area contributed by atoms with Gasteiger partial charge >= 0.3 is 0 Å². The van der Waals surface area contributed by atoms with E-state index in [1.165, 1.54) is 57.9 Å². The summed E-state index contributed by atoms with van der Waals surface area (Å²) in [5.74, 6) is 1.06. The van der Waals surface area contributed by atoms with Crippen LogP contribution in [0.3, 0.4) is 0 Å². The lowest BCUT2D eigenvalue weighted by Gasteiger charge is -2.43. The molecule has 2 aromatic rings. The molecule has 0 fully saturated rings. The highest BCUT2D eigenvalue weighted by molar-refractivity contribution is 7.69. The molecule has 2 heteroatoms. The third kappa shape index (κ3) is 6.42. The third-order valence-electron chi connectivity index (χ3n) is 6.32. The number of aryl methyl sites for hydroxylation is 4. The van der Waals surface area contributed by atoms with E-state index in [1.54, 1.807) is 0 Å². The van der Waals surface area contributed by atoms with Crippen molar-refractivity contribution in [3.63, 3.8) is 0 Å². The van der Waals surface area contributed by atoms with E-state index >= 15 is 0 Å². The van der Waals surface area contributed by atoms with Crippen LogP contribution in [0.1, 0.15) is 104 Å². The van der Waals surface area contributed by atoms with Crippen LogP contribution >= 0.6 is 7.92 Å². The minimum absolute atomic E-state index is 0.168. The molecule has 184 valence electrons. The molecule has 0 aliphatic heterocycles. The summed E-state index contributed by atoms with van der Waals surface area (Å²) in [5.41, 5.74) is 8.91. The first kappa shape index (κ1) is 27.9. The van der Waals surface area contributed by atoms with Gasteiger partial charge in [0, 0.05) is 5.30 Å². The molecule has 0 amide bonds. The number of ether oxygens (including phenoxy) is 1. The van der Waals surface area contributed by atoms with Crippen molar-refractivity contribution in [3.05, 3.63) is 46.5 Å². The first-order chi connectivity index (χ1) is 15.4.